The van der Waals surface area contributed by atoms with E-state index in [-0.39, 0.29) is 34.1 Å². The van der Waals surface area contributed by atoms with Crippen LogP contribution in [0.2, 0.25) is 0 Å². The van der Waals surface area contributed by atoms with Crippen molar-refractivity contribution in [2.45, 2.75) is 25.4 Å². The van der Waals surface area contributed by atoms with E-state index >= 15 is 4.39 Å². The van der Waals surface area contributed by atoms with Gasteiger partial charge in [-0.05, 0) is 47.9 Å². The molecule has 194 valence electrons. The molecule has 0 saturated heterocycles. The summed E-state index contributed by atoms with van der Waals surface area (Å²) in [4.78, 5) is 22.0. The SMILES string of the molecule is N=C(c1ccccc1)c1c(N)nc(N)nc1-c1cccc(-n2ccc3cc(C4CC4)cc(F)c3c2=O)c1CO. The molecule has 0 radical (unpaired) electrons. The van der Waals surface area contributed by atoms with Crippen LogP contribution in [-0.4, -0.2) is 25.4 Å². The van der Waals surface area contributed by atoms with Crippen LogP contribution in [0.25, 0.3) is 27.7 Å². The van der Waals surface area contributed by atoms with E-state index in [0.29, 0.717) is 33.7 Å². The van der Waals surface area contributed by atoms with Gasteiger partial charge in [0.1, 0.15) is 11.6 Å². The van der Waals surface area contributed by atoms with Crippen LogP contribution in [0.15, 0.2) is 77.7 Å². The molecule has 1 fully saturated rings. The van der Waals surface area contributed by atoms with E-state index in [2.05, 4.69) is 9.97 Å². The van der Waals surface area contributed by atoms with Crippen molar-refractivity contribution in [2.24, 2.45) is 0 Å². The summed E-state index contributed by atoms with van der Waals surface area (Å²) in [7, 11) is 0. The molecule has 0 amide bonds. The summed E-state index contributed by atoms with van der Waals surface area (Å²) in [5.74, 6) is -0.305. The third kappa shape index (κ3) is 4.22. The molecule has 0 unspecified atom stereocenters. The van der Waals surface area contributed by atoms with Crippen LogP contribution in [0.1, 0.15) is 41.0 Å². The fourth-order valence-electron chi connectivity index (χ4n) is 5.07. The Morgan fingerprint density at radius 2 is 1.82 bits per heavy atom. The number of anilines is 2. The lowest BCUT2D eigenvalue weighted by Crippen LogP contribution is -2.20. The van der Waals surface area contributed by atoms with Crippen molar-refractivity contribution in [3.05, 3.63) is 111 Å². The average Bonchev–Trinajstić information content (AvgIpc) is 3.78. The molecule has 0 atom stereocenters. The number of hydrogen-bond acceptors (Lipinski definition) is 7. The summed E-state index contributed by atoms with van der Waals surface area (Å²) in [6.07, 6.45) is 3.63. The van der Waals surface area contributed by atoms with Gasteiger partial charge in [-0.3, -0.25) is 14.8 Å². The summed E-state index contributed by atoms with van der Waals surface area (Å²) >= 11 is 0. The number of nitrogens with one attached hydrogen (secondary N) is 1. The molecular weight excluding hydrogens is 495 g/mol. The standard InChI is InChI=1S/C30H25FN6O2/c31-22-14-19(16-9-10-16)13-18-11-12-37(29(39)24(18)22)23-8-4-7-20(21(23)15-38)27-25(28(33)36-30(34)35-27)26(32)17-5-2-1-3-6-17/h1-8,11-14,16,32,38H,9-10,15H2,(H4,33,34,35,36). The predicted molar refractivity (Wildman–Crippen MR) is 150 cm³/mol. The summed E-state index contributed by atoms with van der Waals surface area (Å²) in [6, 6.07) is 19.1. The van der Waals surface area contributed by atoms with Crippen molar-refractivity contribution in [3.8, 4) is 16.9 Å². The Hall–Kier alpha value is -4.89. The van der Waals surface area contributed by atoms with Crippen LogP contribution < -0.4 is 17.0 Å². The van der Waals surface area contributed by atoms with E-state index in [1.54, 1.807) is 54.7 Å². The maximum atomic E-state index is 15.2. The van der Waals surface area contributed by atoms with Gasteiger partial charge in [-0.1, -0.05) is 48.5 Å². The largest absolute Gasteiger partial charge is 0.392 e. The van der Waals surface area contributed by atoms with Crippen LogP contribution in [0.5, 0.6) is 0 Å². The quantitative estimate of drug-likeness (QED) is 0.242. The van der Waals surface area contributed by atoms with Crippen molar-refractivity contribution >= 4 is 28.3 Å². The first-order chi connectivity index (χ1) is 18.9. The number of rotatable bonds is 6. The number of pyridine rings is 1. The fourth-order valence-corrected chi connectivity index (χ4v) is 5.07. The van der Waals surface area contributed by atoms with Crippen LogP contribution in [0, 0.1) is 11.2 Å². The molecule has 39 heavy (non-hydrogen) atoms. The van der Waals surface area contributed by atoms with Gasteiger partial charge in [0.15, 0.2) is 0 Å². The van der Waals surface area contributed by atoms with E-state index < -0.39 is 18.0 Å². The van der Waals surface area contributed by atoms with Crippen molar-refractivity contribution in [3.63, 3.8) is 0 Å². The number of aromatic nitrogens is 3. The molecule has 8 nitrogen and oxygen atoms in total. The molecule has 0 spiro atoms. The highest BCUT2D eigenvalue weighted by Gasteiger charge is 2.26. The fraction of sp³-hybridized carbons (Fsp3) is 0.133. The van der Waals surface area contributed by atoms with E-state index in [1.807, 2.05) is 12.1 Å². The van der Waals surface area contributed by atoms with Gasteiger partial charge < -0.3 is 16.6 Å². The maximum Gasteiger partial charge on any atom is 0.265 e. The van der Waals surface area contributed by atoms with E-state index in [4.69, 9.17) is 16.9 Å². The van der Waals surface area contributed by atoms with E-state index in [0.717, 1.165) is 18.4 Å². The molecule has 2 aromatic heterocycles. The van der Waals surface area contributed by atoms with Crippen LogP contribution >= 0.6 is 0 Å². The molecule has 0 bridgehead atoms. The van der Waals surface area contributed by atoms with Gasteiger partial charge >= 0.3 is 0 Å². The van der Waals surface area contributed by atoms with Crippen LogP contribution in [-0.2, 0) is 6.61 Å². The minimum atomic E-state index is -0.564. The van der Waals surface area contributed by atoms with E-state index in [1.165, 1.54) is 10.6 Å². The monoisotopic (exact) mass is 520 g/mol. The molecule has 5 aromatic rings. The minimum Gasteiger partial charge on any atom is -0.392 e. The number of aliphatic hydroxyl groups is 1. The van der Waals surface area contributed by atoms with Gasteiger partial charge in [0.2, 0.25) is 5.95 Å². The van der Waals surface area contributed by atoms with Gasteiger partial charge in [0.05, 0.1) is 34.6 Å². The Morgan fingerprint density at radius 3 is 2.54 bits per heavy atom. The van der Waals surface area contributed by atoms with E-state index in [9.17, 15) is 9.90 Å². The highest BCUT2D eigenvalue weighted by atomic mass is 19.1. The van der Waals surface area contributed by atoms with Gasteiger partial charge in [-0.25, -0.2) is 9.37 Å². The Balaban J connectivity index is 1.56. The molecule has 3 aromatic carbocycles. The number of halogens is 1. The molecule has 6 N–H and O–H groups in total. The Kier molecular flexibility index (Phi) is 5.92. The van der Waals surface area contributed by atoms with Crippen LogP contribution in [0.3, 0.4) is 0 Å². The zero-order valence-electron chi connectivity index (χ0n) is 20.9. The number of benzene rings is 3. The number of fused-ring (bicyclic) bond motifs is 1. The minimum absolute atomic E-state index is 0.0112. The zero-order valence-corrected chi connectivity index (χ0v) is 20.9. The first-order valence-electron chi connectivity index (χ1n) is 12.5. The van der Waals surface area contributed by atoms with Crippen molar-refractivity contribution in [1.29, 1.82) is 5.41 Å². The second-order valence-electron chi connectivity index (χ2n) is 9.63. The number of hydrogen-bond donors (Lipinski definition) is 4. The lowest BCUT2D eigenvalue weighted by molar-refractivity contribution is 0.282. The lowest BCUT2D eigenvalue weighted by Gasteiger charge is -2.18. The smallest absolute Gasteiger partial charge is 0.265 e. The third-order valence-electron chi connectivity index (χ3n) is 7.12. The average molecular weight is 521 g/mol. The molecule has 9 heteroatoms. The summed E-state index contributed by atoms with van der Waals surface area (Å²) in [5.41, 5.74) is 14.8. The van der Waals surface area contributed by atoms with Gasteiger partial charge in [0.25, 0.3) is 5.56 Å². The Morgan fingerprint density at radius 1 is 1.05 bits per heavy atom. The van der Waals surface area contributed by atoms with Crippen LogP contribution in [0.4, 0.5) is 16.2 Å². The zero-order chi connectivity index (χ0) is 27.3. The maximum absolute atomic E-state index is 15.2. The first-order valence-corrected chi connectivity index (χ1v) is 12.5. The number of nitrogen functional groups attached to an aromatic ring is 2. The summed E-state index contributed by atoms with van der Waals surface area (Å²) in [5, 5.41) is 19.9. The second-order valence-corrected chi connectivity index (χ2v) is 9.63. The van der Waals surface area contributed by atoms with Gasteiger partial charge in [-0.2, -0.15) is 4.98 Å². The normalized spacial score (nSPS) is 13.1. The topological polar surface area (TPSA) is 144 Å². The summed E-state index contributed by atoms with van der Waals surface area (Å²) in [6.45, 7) is -0.471. The molecule has 2 heterocycles. The number of nitrogens with two attached hydrogens (primary N) is 2. The predicted octanol–water partition coefficient (Wildman–Crippen LogP) is 4.54. The first kappa shape index (κ1) is 24.4. The molecule has 6 rings (SSSR count). The third-order valence-corrected chi connectivity index (χ3v) is 7.12. The molecule has 1 aliphatic carbocycles. The second kappa shape index (κ2) is 9.45. The molecule has 1 saturated carbocycles. The molecule has 1 aliphatic rings. The summed E-state index contributed by atoms with van der Waals surface area (Å²) < 4.78 is 16.5. The van der Waals surface area contributed by atoms with Gasteiger partial charge in [0, 0.05) is 22.9 Å². The van der Waals surface area contributed by atoms with Crippen molar-refractivity contribution < 1.29 is 9.50 Å². The van der Waals surface area contributed by atoms with Crippen molar-refractivity contribution in [2.75, 3.05) is 11.5 Å². The van der Waals surface area contributed by atoms with Crippen molar-refractivity contribution in [1.82, 2.24) is 14.5 Å². The highest BCUT2D eigenvalue weighted by Crippen LogP contribution is 2.41. The highest BCUT2D eigenvalue weighted by molar-refractivity contribution is 6.16. The molecule has 0 aliphatic heterocycles. The number of aliphatic hydroxyl groups excluding tert-OH is 1. The number of nitrogens with zero attached hydrogens (tertiary/aromatic N) is 3. The van der Waals surface area contributed by atoms with Gasteiger partial charge in [-0.15, -0.1) is 0 Å². The Labute approximate surface area is 222 Å². The lowest BCUT2D eigenvalue weighted by atomic mass is 9.94. The molecular formula is C30H25FN6O2. The Bertz CT molecular complexity index is 1830.